The van der Waals surface area contributed by atoms with Gasteiger partial charge in [-0.3, -0.25) is 0 Å². The lowest BCUT2D eigenvalue weighted by molar-refractivity contribution is 0.481. The summed E-state index contributed by atoms with van der Waals surface area (Å²) in [7, 11) is 1.86. The predicted octanol–water partition coefficient (Wildman–Crippen LogP) is 5.48. The van der Waals surface area contributed by atoms with Crippen molar-refractivity contribution in [3.8, 4) is 27.3 Å². The van der Waals surface area contributed by atoms with Gasteiger partial charge in [-0.05, 0) is 23.3 Å². The van der Waals surface area contributed by atoms with Crippen molar-refractivity contribution >= 4 is 27.9 Å². The first-order chi connectivity index (χ1) is 10.2. The van der Waals surface area contributed by atoms with Crippen LogP contribution in [0.15, 0.2) is 54.6 Å². The molecule has 3 aromatic rings. The van der Waals surface area contributed by atoms with Gasteiger partial charge in [0.15, 0.2) is 0 Å². The van der Waals surface area contributed by atoms with Crippen LogP contribution in [-0.4, -0.2) is 12.2 Å². The van der Waals surface area contributed by atoms with Crippen molar-refractivity contribution in [1.29, 1.82) is 0 Å². The fourth-order valence-electron chi connectivity index (χ4n) is 2.30. The third-order valence-corrected chi connectivity index (χ3v) is 4.74. The summed E-state index contributed by atoms with van der Waals surface area (Å²) in [5.41, 5.74) is 2.71. The molecule has 0 saturated carbocycles. The molecule has 2 N–H and O–H groups in total. The van der Waals surface area contributed by atoms with E-state index < -0.39 is 0 Å². The lowest BCUT2D eigenvalue weighted by Gasteiger charge is -2.05. The van der Waals surface area contributed by atoms with Crippen molar-refractivity contribution in [3.05, 3.63) is 59.6 Å². The van der Waals surface area contributed by atoms with Crippen LogP contribution in [0.5, 0.6) is 5.75 Å². The predicted molar refractivity (Wildman–Crippen MR) is 91.4 cm³/mol. The van der Waals surface area contributed by atoms with E-state index in [0.29, 0.717) is 5.02 Å². The average Bonchev–Trinajstić information content (AvgIpc) is 2.85. The molecule has 1 aromatic heterocycles. The molecule has 106 valence electrons. The van der Waals surface area contributed by atoms with E-state index in [-0.39, 0.29) is 5.75 Å². The summed E-state index contributed by atoms with van der Waals surface area (Å²) in [6, 6.07) is 17.4. The maximum absolute atomic E-state index is 10.7. The van der Waals surface area contributed by atoms with Gasteiger partial charge in [0, 0.05) is 12.1 Å². The fraction of sp³-hybridized carbons (Fsp3) is 0.0588. The number of rotatable bonds is 3. The van der Waals surface area contributed by atoms with Crippen LogP contribution in [0.2, 0.25) is 5.02 Å². The third-order valence-electron chi connectivity index (χ3n) is 3.26. The zero-order chi connectivity index (χ0) is 14.8. The molecule has 3 rings (SSSR count). The highest BCUT2D eigenvalue weighted by molar-refractivity contribution is 7.20. The minimum Gasteiger partial charge on any atom is -0.506 e. The van der Waals surface area contributed by atoms with Gasteiger partial charge >= 0.3 is 0 Å². The Labute approximate surface area is 132 Å². The number of aromatic hydroxyl groups is 1. The fourth-order valence-corrected chi connectivity index (χ4v) is 3.56. The Bertz CT molecular complexity index is 768. The molecule has 1 heterocycles. The van der Waals surface area contributed by atoms with E-state index in [1.807, 2.05) is 61.6 Å². The van der Waals surface area contributed by atoms with E-state index in [4.69, 9.17) is 11.6 Å². The Morgan fingerprint density at radius 3 is 2.38 bits per heavy atom. The number of halogens is 1. The van der Waals surface area contributed by atoms with Crippen LogP contribution in [0.4, 0.5) is 5.00 Å². The Hall–Kier alpha value is -1.97. The topological polar surface area (TPSA) is 32.3 Å². The Morgan fingerprint density at radius 1 is 1.00 bits per heavy atom. The van der Waals surface area contributed by atoms with Crippen molar-refractivity contribution in [2.75, 3.05) is 12.4 Å². The summed E-state index contributed by atoms with van der Waals surface area (Å²) in [6.07, 6.45) is 0. The van der Waals surface area contributed by atoms with Crippen LogP contribution in [-0.2, 0) is 0 Å². The van der Waals surface area contributed by atoms with E-state index in [2.05, 4.69) is 5.32 Å². The SMILES string of the molecule is CNc1sc(-c2ccccc2)c(O)c1-c1cccc(Cl)c1. The highest BCUT2D eigenvalue weighted by atomic mass is 35.5. The monoisotopic (exact) mass is 315 g/mol. The van der Waals surface area contributed by atoms with Gasteiger partial charge in [-0.2, -0.15) is 0 Å². The normalized spacial score (nSPS) is 10.6. The zero-order valence-corrected chi connectivity index (χ0v) is 13.0. The van der Waals surface area contributed by atoms with Crippen LogP contribution in [0.25, 0.3) is 21.6 Å². The van der Waals surface area contributed by atoms with Crippen molar-refractivity contribution in [1.82, 2.24) is 0 Å². The van der Waals surface area contributed by atoms with Crippen molar-refractivity contribution in [2.45, 2.75) is 0 Å². The Balaban J connectivity index is 2.20. The Kier molecular flexibility index (Phi) is 3.86. The van der Waals surface area contributed by atoms with Gasteiger partial charge in [-0.25, -0.2) is 0 Å². The maximum Gasteiger partial charge on any atom is 0.144 e. The molecular formula is C17H14ClNOS. The summed E-state index contributed by atoms with van der Waals surface area (Å²) in [5.74, 6) is 0.290. The molecule has 0 unspecified atom stereocenters. The highest BCUT2D eigenvalue weighted by Crippen LogP contribution is 2.50. The van der Waals surface area contributed by atoms with Crippen LogP contribution in [0.1, 0.15) is 0 Å². The molecule has 0 amide bonds. The minimum absolute atomic E-state index is 0.290. The molecule has 2 aromatic carbocycles. The highest BCUT2D eigenvalue weighted by Gasteiger charge is 2.19. The Morgan fingerprint density at radius 2 is 1.71 bits per heavy atom. The summed E-state index contributed by atoms with van der Waals surface area (Å²) >= 11 is 7.60. The number of benzene rings is 2. The number of thiophene rings is 1. The molecule has 0 spiro atoms. The number of nitrogens with one attached hydrogen (secondary N) is 1. The van der Waals surface area contributed by atoms with E-state index in [9.17, 15) is 5.11 Å². The molecule has 0 bridgehead atoms. The van der Waals surface area contributed by atoms with E-state index in [1.54, 1.807) is 0 Å². The third kappa shape index (κ3) is 2.62. The van der Waals surface area contributed by atoms with Gasteiger partial charge in [0.05, 0.1) is 10.4 Å². The van der Waals surface area contributed by atoms with Crippen molar-refractivity contribution in [2.24, 2.45) is 0 Å². The van der Waals surface area contributed by atoms with Crippen LogP contribution in [0.3, 0.4) is 0 Å². The van der Waals surface area contributed by atoms with Crippen molar-refractivity contribution < 1.29 is 5.11 Å². The van der Waals surface area contributed by atoms with Gasteiger partial charge < -0.3 is 10.4 Å². The molecule has 0 aliphatic rings. The minimum atomic E-state index is 0.290. The smallest absolute Gasteiger partial charge is 0.144 e. The number of hydrogen-bond acceptors (Lipinski definition) is 3. The molecule has 2 nitrogen and oxygen atoms in total. The van der Waals surface area contributed by atoms with Gasteiger partial charge in [-0.1, -0.05) is 54.1 Å². The van der Waals surface area contributed by atoms with E-state index in [1.165, 1.54) is 11.3 Å². The number of anilines is 1. The van der Waals surface area contributed by atoms with E-state index in [0.717, 1.165) is 26.6 Å². The second-order valence-corrected chi connectivity index (χ2v) is 6.07. The number of hydrogen-bond donors (Lipinski definition) is 2. The standard InChI is InChI=1S/C17H14ClNOS/c1-19-17-14(12-8-5-9-13(18)10-12)15(20)16(21-17)11-6-3-2-4-7-11/h2-10,19-20H,1H3. The summed E-state index contributed by atoms with van der Waals surface area (Å²) in [4.78, 5) is 0.856. The average molecular weight is 316 g/mol. The quantitative estimate of drug-likeness (QED) is 0.670. The lowest BCUT2D eigenvalue weighted by atomic mass is 10.1. The maximum atomic E-state index is 10.7. The summed E-state index contributed by atoms with van der Waals surface area (Å²) < 4.78 is 0. The molecule has 21 heavy (non-hydrogen) atoms. The molecule has 0 aliphatic heterocycles. The summed E-state index contributed by atoms with van der Waals surface area (Å²) in [6.45, 7) is 0. The summed E-state index contributed by atoms with van der Waals surface area (Å²) in [5, 5.41) is 15.4. The van der Waals surface area contributed by atoms with Gasteiger partial charge in [-0.15, -0.1) is 11.3 Å². The molecule has 0 fully saturated rings. The molecular weight excluding hydrogens is 302 g/mol. The lowest BCUT2D eigenvalue weighted by Crippen LogP contribution is -1.86. The first kappa shape index (κ1) is 14.0. The first-order valence-electron chi connectivity index (χ1n) is 6.55. The van der Waals surface area contributed by atoms with Gasteiger partial charge in [0.1, 0.15) is 10.8 Å². The van der Waals surface area contributed by atoms with Crippen LogP contribution < -0.4 is 5.32 Å². The van der Waals surface area contributed by atoms with Gasteiger partial charge in [0.25, 0.3) is 0 Å². The second-order valence-electron chi connectivity index (χ2n) is 4.61. The first-order valence-corrected chi connectivity index (χ1v) is 7.75. The molecule has 0 atom stereocenters. The molecule has 0 saturated heterocycles. The molecule has 0 radical (unpaired) electrons. The molecule has 0 aliphatic carbocycles. The largest absolute Gasteiger partial charge is 0.506 e. The zero-order valence-electron chi connectivity index (χ0n) is 11.4. The van der Waals surface area contributed by atoms with Gasteiger partial charge in [0.2, 0.25) is 0 Å². The van der Waals surface area contributed by atoms with Crippen LogP contribution in [0, 0.1) is 0 Å². The second kappa shape index (κ2) is 5.80. The van der Waals surface area contributed by atoms with Crippen molar-refractivity contribution in [3.63, 3.8) is 0 Å². The molecule has 4 heteroatoms. The van der Waals surface area contributed by atoms with E-state index >= 15 is 0 Å². The van der Waals surface area contributed by atoms with Crippen LogP contribution >= 0.6 is 22.9 Å².